The Morgan fingerprint density at radius 2 is 2.03 bits per heavy atom. The first-order chi connectivity index (χ1) is 13.7. The van der Waals surface area contributed by atoms with Crippen molar-refractivity contribution >= 4 is 20.9 Å². The molecular formula is C17H18FN5O5S. The van der Waals surface area contributed by atoms with E-state index >= 15 is 0 Å². The molecule has 0 saturated carbocycles. The normalized spacial score (nSPS) is 20.7. The molecule has 1 saturated heterocycles. The monoisotopic (exact) mass is 423 g/mol. The van der Waals surface area contributed by atoms with E-state index in [0.29, 0.717) is 5.82 Å². The summed E-state index contributed by atoms with van der Waals surface area (Å²) in [7, 11) is -4.18. The van der Waals surface area contributed by atoms with Crippen molar-refractivity contribution in [2.45, 2.75) is 43.3 Å². The predicted octanol–water partition coefficient (Wildman–Crippen LogP) is 1.20. The number of sulfonamides is 1. The number of alkyl halides is 1. The Bertz CT molecular complexity index is 1300. The van der Waals surface area contributed by atoms with Crippen molar-refractivity contribution in [3.63, 3.8) is 0 Å². The third-order valence-corrected chi connectivity index (χ3v) is 6.65. The third kappa shape index (κ3) is 3.38. The molecular weight excluding hydrogens is 405 g/mol. The van der Waals surface area contributed by atoms with Gasteiger partial charge in [0, 0.05) is 18.9 Å². The highest BCUT2D eigenvalue weighted by atomic mass is 32.2. The Morgan fingerprint density at radius 3 is 2.72 bits per heavy atom. The summed E-state index contributed by atoms with van der Waals surface area (Å²) in [6, 6.07) is 2.78. The quantitative estimate of drug-likeness (QED) is 0.642. The fraction of sp³-hybridized carbons (Fsp3) is 0.412. The van der Waals surface area contributed by atoms with E-state index < -0.39 is 33.5 Å². The van der Waals surface area contributed by atoms with Crippen molar-refractivity contribution in [1.82, 2.24) is 24.4 Å². The zero-order chi connectivity index (χ0) is 20.9. The second-order valence-electron chi connectivity index (χ2n) is 7.18. The van der Waals surface area contributed by atoms with E-state index in [0.717, 1.165) is 10.4 Å². The number of nitrogens with one attached hydrogen (secondary N) is 2. The number of aromatic amines is 2. The molecule has 1 fully saturated rings. The molecule has 1 aliphatic rings. The van der Waals surface area contributed by atoms with Crippen LogP contribution in [-0.4, -0.2) is 45.5 Å². The third-order valence-electron chi connectivity index (χ3n) is 4.78. The number of hydrogen-bond acceptors (Lipinski definition) is 7. The Kier molecular flexibility index (Phi) is 4.62. The second-order valence-corrected chi connectivity index (χ2v) is 9.08. The molecule has 29 heavy (non-hydrogen) atoms. The van der Waals surface area contributed by atoms with Crippen LogP contribution >= 0.6 is 0 Å². The second kappa shape index (κ2) is 6.88. The van der Waals surface area contributed by atoms with Crippen molar-refractivity contribution in [3.8, 4) is 0 Å². The number of nitrogens with zero attached hydrogens (tertiary/aromatic N) is 3. The predicted molar refractivity (Wildman–Crippen MR) is 99.7 cm³/mol. The van der Waals surface area contributed by atoms with Gasteiger partial charge in [0.2, 0.25) is 15.9 Å². The van der Waals surface area contributed by atoms with Crippen LogP contribution in [0.4, 0.5) is 4.39 Å². The van der Waals surface area contributed by atoms with Gasteiger partial charge in [0.25, 0.3) is 5.56 Å². The average molecular weight is 423 g/mol. The van der Waals surface area contributed by atoms with Crippen LogP contribution < -0.4 is 11.2 Å². The van der Waals surface area contributed by atoms with Crippen LogP contribution in [0.25, 0.3) is 10.9 Å². The molecule has 2 N–H and O–H groups in total. The lowest BCUT2D eigenvalue weighted by Crippen LogP contribution is -2.32. The van der Waals surface area contributed by atoms with E-state index in [-0.39, 0.29) is 40.6 Å². The number of hydrogen-bond donors (Lipinski definition) is 2. The molecule has 10 nitrogen and oxygen atoms in total. The minimum absolute atomic E-state index is 0.00175. The van der Waals surface area contributed by atoms with E-state index in [9.17, 15) is 22.4 Å². The van der Waals surface area contributed by atoms with Crippen molar-refractivity contribution in [1.29, 1.82) is 0 Å². The maximum absolute atomic E-state index is 14.2. The number of halogens is 1. The van der Waals surface area contributed by atoms with Crippen molar-refractivity contribution in [3.05, 3.63) is 50.8 Å². The molecule has 154 valence electrons. The Balaban J connectivity index is 1.77. The van der Waals surface area contributed by atoms with E-state index in [1.165, 1.54) is 12.1 Å². The van der Waals surface area contributed by atoms with Gasteiger partial charge in [-0.15, -0.1) is 0 Å². The molecule has 0 bridgehead atoms. The highest BCUT2D eigenvalue weighted by Crippen LogP contribution is 2.37. The SMILES string of the molecule is CC(C)c1noc(C2CC(F)CN2S(=O)(=O)c2ccc3[nH]c(=O)[nH]c(=O)c3c2)n1. The van der Waals surface area contributed by atoms with Crippen LogP contribution in [0.3, 0.4) is 0 Å². The first-order valence-corrected chi connectivity index (χ1v) is 10.4. The van der Waals surface area contributed by atoms with Gasteiger partial charge in [0.1, 0.15) is 12.2 Å². The number of H-pyrrole nitrogens is 2. The highest BCUT2D eigenvalue weighted by Gasteiger charge is 2.44. The number of rotatable bonds is 4. The van der Waals surface area contributed by atoms with Crippen LogP contribution in [0.1, 0.15) is 43.9 Å². The molecule has 0 aliphatic carbocycles. The topological polar surface area (TPSA) is 142 Å². The minimum atomic E-state index is -4.18. The lowest BCUT2D eigenvalue weighted by Gasteiger charge is -2.21. The molecule has 2 unspecified atom stereocenters. The zero-order valence-electron chi connectivity index (χ0n) is 15.5. The molecule has 3 heterocycles. The van der Waals surface area contributed by atoms with Gasteiger partial charge in [-0.2, -0.15) is 9.29 Å². The smallest absolute Gasteiger partial charge is 0.326 e. The molecule has 2 atom stereocenters. The Morgan fingerprint density at radius 1 is 1.28 bits per heavy atom. The van der Waals surface area contributed by atoms with Gasteiger partial charge in [-0.1, -0.05) is 19.0 Å². The van der Waals surface area contributed by atoms with Gasteiger partial charge in [-0.05, 0) is 18.2 Å². The standard InChI is InChI=1S/C17H18FN5O5S/c1-8(2)14-20-16(28-22-14)13-5-9(18)7-23(13)29(26,27)10-3-4-12-11(6-10)15(24)21-17(25)19-12/h3-4,6,8-9,13H,5,7H2,1-2H3,(H2,19,21,24,25). The molecule has 4 rings (SSSR count). The average Bonchev–Trinajstić information content (AvgIpc) is 3.28. The lowest BCUT2D eigenvalue weighted by atomic mass is 10.2. The lowest BCUT2D eigenvalue weighted by molar-refractivity contribution is 0.289. The van der Waals surface area contributed by atoms with E-state index in [4.69, 9.17) is 4.52 Å². The van der Waals surface area contributed by atoms with Gasteiger partial charge >= 0.3 is 5.69 Å². The van der Waals surface area contributed by atoms with Gasteiger partial charge in [0.05, 0.1) is 15.8 Å². The first kappa shape index (κ1) is 19.5. The molecule has 1 aliphatic heterocycles. The fourth-order valence-corrected chi connectivity index (χ4v) is 4.95. The summed E-state index contributed by atoms with van der Waals surface area (Å²) in [4.78, 5) is 31.9. The van der Waals surface area contributed by atoms with E-state index in [1.807, 2.05) is 18.8 Å². The van der Waals surface area contributed by atoms with Crippen molar-refractivity contribution in [2.75, 3.05) is 6.54 Å². The summed E-state index contributed by atoms with van der Waals surface area (Å²) in [5.41, 5.74) is -1.23. The van der Waals surface area contributed by atoms with Gasteiger partial charge < -0.3 is 9.51 Å². The molecule has 0 amide bonds. The fourth-order valence-electron chi connectivity index (χ4n) is 3.30. The zero-order valence-corrected chi connectivity index (χ0v) is 16.4. The summed E-state index contributed by atoms with van der Waals surface area (Å²) in [6.45, 7) is 3.34. The minimum Gasteiger partial charge on any atom is -0.338 e. The number of aromatic nitrogens is 4. The molecule has 3 aromatic rings. The summed E-state index contributed by atoms with van der Waals surface area (Å²) < 4.78 is 46.8. The highest BCUT2D eigenvalue weighted by molar-refractivity contribution is 7.89. The number of benzene rings is 1. The summed E-state index contributed by atoms with van der Waals surface area (Å²) in [5.74, 6) is 0.399. The Hall–Kier alpha value is -2.86. The molecule has 1 aromatic carbocycles. The van der Waals surface area contributed by atoms with Crippen molar-refractivity contribution < 1.29 is 17.3 Å². The van der Waals surface area contributed by atoms with E-state index in [1.54, 1.807) is 0 Å². The van der Waals surface area contributed by atoms with Gasteiger partial charge in [-0.3, -0.25) is 9.78 Å². The molecule has 2 aromatic heterocycles. The van der Waals surface area contributed by atoms with Crippen LogP contribution in [0.2, 0.25) is 0 Å². The number of fused-ring (bicyclic) bond motifs is 1. The van der Waals surface area contributed by atoms with Crippen LogP contribution in [0, 0.1) is 0 Å². The van der Waals surface area contributed by atoms with Gasteiger partial charge in [-0.25, -0.2) is 17.6 Å². The van der Waals surface area contributed by atoms with Crippen LogP contribution in [-0.2, 0) is 10.0 Å². The van der Waals surface area contributed by atoms with Crippen molar-refractivity contribution in [2.24, 2.45) is 0 Å². The Labute approximate surface area is 163 Å². The van der Waals surface area contributed by atoms with E-state index in [2.05, 4.69) is 15.1 Å². The van der Waals surface area contributed by atoms with Crippen LogP contribution in [0.15, 0.2) is 37.2 Å². The molecule has 12 heteroatoms. The molecule has 0 radical (unpaired) electrons. The summed E-state index contributed by atoms with van der Waals surface area (Å²) in [6.07, 6.45) is -1.51. The summed E-state index contributed by atoms with van der Waals surface area (Å²) in [5, 5.41) is 3.82. The van der Waals surface area contributed by atoms with Crippen LogP contribution in [0.5, 0.6) is 0 Å². The first-order valence-electron chi connectivity index (χ1n) is 8.92. The van der Waals surface area contributed by atoms with Gasteiger partial charge in [0.15, 0.2) is 5.82 Å². The largest absolute Gasteiger partial charge is 0.338 e. The maximum atomic E-state index is 14.2. The molecule has 0 spiro atoms. The summed E-state index contributed by atoms with van der Waals surface area (Å²) >= 11 is 0. The maximum Gasteiger partial charge on any atom is 0.326 e.